The first kappa shape index (κ1) is 24.7. The maximum absolute atomic E-state index is 12.5. The molecule has 0 aliphatic carbocycles. The van der Waals surface area contributed by atoms with Crippen LogP contribution in [-0.2, 0) is 28.0 Å². The van der Waals surface area contributed by atoms with Crippen molar-refractivity contribution in [3.8, 4) is 0 Å². The van der Waals surface area contributed by atoms with Gasteiger partial charge in [0.1, 0.15) is 34.0 Å². The fraction of sp³-hybridized carbons (Fsp3) is 1.00. The standard InChI is InChI=1S/C16H29B2O8PS/c1-8(2)22-6-11-15(14(19)16(18)25-11)26-27(20,21)28-7-12-10(23-9(3)4)5-13(17)24-12/h8-16,19H,5-7H2,1-4H3,(H,20,21)/p-1/t10-,11-,12-,13-,14?,15+,16-/m1/s1. The van der Waals surface area contributed by atoms with Gasteiger partial charge < -0.3 is 33.5 Å². The van der Waals surface area contributed by atoms with E-state index in [4.69, 9.17) is 39.2 Å². The van der Waals surface area contributed by atoms with Crippen LogP contribution in [0.25, 0.3) is 0 Å². The summed E-state index contributed by atoms with van der Waals surface area (Å²) in [6.07, 6.45) is -3.60. The third-order valence-electron chi connectivity index (χ3n) is 4.29. The topological polar surface area (TPSA) is 107 Å². The van der Waals surface area contributed by atoms with E-state index < -0.39 is 43.2 Å². The number of rotatable bonds is 10. The predicted molar refractivity (Wildman–Crippen MR) is 105 cm³/mol. The zero-order valence-electron chi connectivity index (χ0n) is 16.6. The Labute approximate surface area is 173 Å². The van der Waals surface area contributed by atoms with Crippen LogP contribution in [0.2, 0.25) is 0 Å². The van der Waals surface area contributed by atoms with Gasteiger partial charge in [-0.1, -0.05) is 11.4 Å². The van der Waals surface area contributed by atoms with Crippen LogP contribution in [0.5, 0.6) is 0 Å². The normalized spacial score (nSPS) is 38.4. The van der Waals surface area contributed by atoms with Gasteiger partial charge in [0.2, 0.25) is 0 Å². The van der Waals surface area contributed by atoms with Crippen molar-refractivity contribution < 1.29 is 38.0 Å². The first-order chi connectivity index (χ1) is 13.0. The van der Waals surface area contributed by atoms with Crippen LogP contribution in [-0.4, -0.2) is 87.9 Å². The van der Waals surface area contributed by atoms with E-state index in [2.05, 4.69) is 0 Å². The highest BCUT2D eigenvalue weighted by atomic mass is 32.7. The van der Waals surface area contributed by atoms with Gasteiger partial charge in [0, 0.05) is 17.8 Å². The van der Waals surface area contributed by atoms with E-state index in [-0.39, 0.29) is 30.7 Å². The zero-order chi connectivity index (χ0) is 21.1. The van der Waals surface area contributed by atoms with Crippen LogP contribution < -0.4 is 4.89 Å². The third-order valence-corrected chi connectivity index (χ3v) is 7.24. The van der Waals surface area contributed by atoms with Crippen molar-refractivity contribution in [2.24, 2.45) is 0 Å². The van der Waals surface area contributed by atoms with Crippen LogP contribution in [0.4, 0.5) is 0 Å². The monoisotopic (exact) mass is 433 g/mol. The molecule has 0 saturated carbocycles. The highest BCUT2D eigenvalue weighted by Gasteiger charge is 2.44. The largest absolute Gasteiger partial charge is 0.770 e. The van der Waals surface area contributed by atoms with E-state index in [9.17, 15) is 14.6 Å². The highest BCUT2D eigenvalue weighted by molar-refractivity contribution is 8.54. The lowest BCUT2D eigenvalue weighted by Gasteiger charge is -2.31. The van der Waals surface area contributed by atoms with Crippen molar-refractivity contribution in [2.75, 3.05) is 12.4 Å². The summed E-state index contributed by atoms with van der Waals surface area (Å²) >= 11 is 0.594. The fourth-order valence-corrected chi connectivity index (χ4v) is 5.76. The van der Waals surface area contributed by atoms with Crippen molar-refractivity contribution in [1.29, 1.82) is 0 Å². The second-order valence-electron chi connectivity index (χ2n) is 7.50. The highest BCUT2D eigenvalue weighted by Crippen LogP contribution is 2.54. The number of hydrogen-bond acceptors (Lipinski definition) is 9. The summed E-state index contributed by atoms with van der Waals surface area (Å²) in [6.45, 7) is 3.11. The number of aliphatic hydroxyl groups excluding tert-OH is 1. The average molecular weight is 433 g/mol. The van der Waals surface area contributed by atoms with Gasteiger partial charge in [0.25, 0.3) is 0 Å². The van der Waals surface area contributed by atoms with Gasteiger partial charge in [-0.15, -0.1) is 0 Å². The minimum absolute atomic E-state index is 0.0318. The molecule has 2 saturated heterocycles. The summed E-state index contributed by atoms with van der Waals surface area (Å²) in [5.74, 6) is 0.0920. The lowest BCUT2D eigenvalue weighted by atomic mass is 9.93. The molecule has 4 radical (unpaired) electrons. The molecule has 0 aromatic carbocycles. The van der Waals surface area contributed by atoms with Crippen molar-refractivity contribution in [2.45, 2.75) is 88.9 Å². The summed E-state index contributed by atoms with van der Waals surface area (Å²) in [7, 11) is 11.5. The van der Waals surface area contributed by atoms with E-state index in [1.54, 1.807) is 0 Å². The molecular weight excluding hydrogens is 405 g/mol. The van der Waals surface area contributed by atoms with E-state index in [0.717, 1.165) is 0 Å². The van der Waals surface area contributed by atoms with E-state index >= 15 is 0 Å². The smallest absolute Gasteiger partial charge is 0.192 e. The Balaban J connectivity index is 1.93. The number of aliphatic hydroxyl groups is 1. The van der Waals surface area contributed by atoms with Gasteiger partial charge in [-0.3, -0.25) is 4.57 Å². The van der Waals surface area contributed by atoms with Crippen molar-refractivity contribution in [1.82, 2.24) is 0 Å². The Morgan fingerprint density at radius 2 is 1.89 bits per heavy atom. The Bertz CT molecular complexity index is 543. The maximum Gasteiger partial charge on any atom is 0.192 e. The molecule has 2 aliphatic rings. The lowest BCUT2D eigenvalue weighted by Crippen LogP contribution is -2.38. The molecule has 158 valence electrons. The van der Waals surface area contributed by atoms with Gasteiger partial charge in [-0.05, 0) is 34.1 Å². The summed E-state index contributed by atoms with van der Waals surface area (Å²) in [5, 5.41) is 10.2. The Hall–Kier alpha value is 0.430. The molecule has 28 heavy (non-hydrogen) atoms. The summed E-state index contributed by atoms with van der Waals surface area (Å²) in [6, 6.07) is -1.54. The van der Waals surface area contributed by atoms with Gasteiger partial charge in [-0.2, -0.15) is 0 Å². The minimum atomic E-state index is -4.38. The molecule has 0 aromatic heterocycles. The minimum Gasteiger partial charge on any atom is -0.770 e. The summed E-state index contributed by atoms with van der Waals surface area (Å²) in [4.78, 5) is 12.5. The van der Waals surface area contributed by atoms with Crippen molar-refractivity contribution in [3.05, 3.63) is 0 Å². The molecule has 0 bridgehead atoms. The molecule has 2 heterocycles. The molecule has 1 N–H and O–H groups in total. The Kier molecular flexibility index (Phi) is 9.39. The molecule has 8 nitrogen and oxygen atoms in total. The van der Waals surface area contributed by atoms with E-state index in [1.165, 1.54) is 0 Å². The zero-order valence-corrected chi connectivity index (χ0v) is 18.3. The molecule has 2 aliphatic heterocycles. The SMILES string of the molecule is [B][C@@H]1O[C@H](COC(C)C)[C@H](OP(=O)([O-])SC[C@H]2O[C@@H]([B])C[C@H]2OC(C)C)C1O. The molecule has 0 aromatic rings. The van der Waals surface area contributed by atoms with Crippen molar-refractivity contribution in [3.63, 3.8) is 0 Å². The first-order valence-corrected chi connectivity index (χ1v) is 12.5. The predicted octanol–water partition coefficient (Wildman–Crippen LogP) is 0.330. The van der Waals surface area contributed by atoms with E-state index in [1.807, 2.05) is 27.7 Å². The summed E-state index contributed by atoms with van der Waals surface area (Å²) in [5.41, 5.74) is 0. The Morgan fingerprint density at radius 1 is 1.21 bits per heavy atom. The molecule has 0 spiro atoms. The molecule has 2 fully saturated rings. The van der Waals surface area contributed by atoms with Crippen LogP contribution in [0.15, 0.2) is 0 Å². The number of ether oxygens (including phenoxy) is 4. The average Bonchev–Trinajstić information content (AvgIpc) is 3.04. The van der Waals surface area contributed by atoms with Crippen molar-refractivity contribution >= 4 is 33.9 Å². The van der Waals surface area contributed by atoms with Gasteiger partial charge in [0.05, 0.1) is 31.0 Å². The molecule has 12 heteroatoms. The second kappa shape index (κ2) is 10.6. The van der Waals surface area contributed by atoms with Crippen LogP contribution in [0, 0.1) is 0 Å². The van der Waals surface area contributed by atoms with Gasteiger partial charge >= 0.3 is 0 Å². The van der Waals surface area contributed by atoms with Gasteiger partial charge in [-0.25, -0.2) is 0 Å². The van der Waals surface area contributed by atoms with Crippen LogP contribution >= 0.6 is 18.2 Å². The molecule has 2 rings (SSSR count). The van der Waals surface area contributed by atoms with Crippen LogP contribution in [0.3, 0.4) is 0 Å². The molecular formula is C16H28B2O8PS-. The fourth-order valence-electron chi connectivity index (χ4n) is 3.05. The maximum atomic E-state index is 12.5. The second-order valence-corrected chi connectivity index (χ2v) is 11.3. The van der Waals surface area contributed by atoms with Gasteiger partial charge in [0.15, 0.2) is 6.80 Å². The Morgan fingerprint density at radius 3 is 2.50 bits per heavy atom. The number of hydrogen-bond donors (Lipinski definition) is 1. The lowest BCUT2D eigenvalue weighted by molar-refractivity contribution is -0.198. The summed E-state index contributed by atoms with van der Waals surface area (Å²) < 4.78 is 39.9. The first-order valence-electron chi connectivity index (χ1n) is 9.39. The quantitative estimate of drug-likeness (QED) is 0.386. The van der Waals surface area contributed by atoms with Crippen LogP contribution in [0.1, 0.15) is 34.1 Å². The molecule has 8 atom stereocenters. The van der Waals surface area contributed by atoms with E-state index in [0.29, 0.717) is 17.8 Å². The molecule has 0 amide bonds. The third kappa shape index (κ3) is 7.29. The molecule has 2 unspecified atom stereocenters.